The molecular formula is C29H33Cl2N3O4S. The van der Waals surface area contributed by atoms with E-state index < -0.39 is 28.5 Å². The average molecular weight is 591 g/mol. The Morgan fingerprint density at radius 3 is 2.15 bits per heavy atom. The van der Waals surface area contributed by atoms with Crippen LogP contribution >= 0.6 is 23.2 Å². The topological polar surface area (TPSA) is 86.8 Å². The van der Waals surface area contributed by atoms with Gasteiger partial charge < -0.3 is 10.2 Å². The highest BCUT2D eigenvalue weighted by Crippen LogP contribution is 2.30. The molecule has 0 spiro atoms. The molecule has 0 radical (unpaired) electrons. The van der Waals surface area contributed by atoms with Gasteiger partial charge >= 0.3 is 0 Å². The third-order valence-corrected chi connectivity index (χ3v) is 8.75. The van der Waals surface area contributed by atoms with E-state index in [1.54, 1.807) is 68.4 Å². The molecule has 2 atom stereocenters. The van der Waals surface area contributed by atoms with Gasteiger partial charge in [-0.2, -0.15) is 0 Å². The molecule has 0 unspecified atom stereocenters. The molecule has 0 fully saturated rings. The number of aryl methyl sites for hydroxylation is 1. The summed E-state index contributed by atoms with van der Waals surface area (Å²) in [5.74, 6) is -0.876. The Hall–Kier alpha value is -3.07. The highest BCUT2D eigenvalue weighted by atomic mass is 35.5. The van der Waals surface area contributed by atoms with Gasteiger partial charge in [0.05, 0.1) is 10.6 Å². The number of hydrogen-bond acceptors (Lipinski definition) is 4. The lowest BCUT2D eigenvalue weighted by Crippen LogP contribution is -2.52. The zero-order chi connectivity index (χ0) is 28.7. The van der Waals surface area contributed by atoms with Crippen LogP contribution in [0.2, 0.25) is 10.0 Å². The Balaban J connectivity index is 2.05. The number of benzene rings is 3. The van der Waals surface area contributed by atoms with E-state index in [-0.39, 0.29) is 29.1 Å². The Morgan fingerprint density at radius 1 is 0.923 bits per heavy atom. The van der Waals surface area contributed by atoms with Crippen LogP contribution in [0.1, 0.15) is 38.3 Å². The molecule has 1 N–H and O–H groups in total. The van der Waals surface area contributed by atoms with Gasteiger partial charge in [0.2, 0.25) is 11.8 Å². The minimum atomic E-state index is -4.16. The number of carbonyl (C=O) groups is 2. The standard InChI is InChI=1S/C29H33Cl2N3O4S/c1-5-21(3)32-29(36)22(4)33(18-23-12-15-24(30)16-13-23)28(35)19-34(27-17-25(31)14-11-20(27)2)39(37,38)26-9-7-6-8-10-26/h6-17,21-22H,5,18-19H2,1-4H3,(H,32,36)/t21-,22-/m0/s1. The predicted octanol–water partition coefficient (Wildman–Crippen LogP) is 5.83. The molecule has 0 bridgehead atoms. The Morgan fingerprint density at radius 2 is 1.54 bits per heavy atom. The van der Waals surface area contributed by atoms with Crippen molar-refractivity contribution in [1.82, 2.24) is 10.2 Å². The zero-order valence-electron chi connectivity index (χ0n) is 22.4. The molecule has 3 rings (SSSR count). The minimum absolute atomic E-state index is 0.0315. The molecule has 208 valence electrons. The van der Waals surface area contributed by atoms with Crippen molar-refractivity contribution in [1.29, 1.82) is 0 Å². The van der Waals surface area contributed by atoms with E-state index in [1.807, 2.05) is 13.8 Å². The molecule has 2 amide bonds. The van der Waals surface area contributed by atoms with Crippen LogP contribution in [0.25, 0.3) is 0 Å². The van der Waals surface area contributed by atoms with Crippen molar-refractivity contribution in [2.24, 2.45) is 0 Å². The lowest BCUT2D eigenvalue weighted by Gasteiger charge is -2.33. The lowest BCUT2D eigenvalue weighted by molar-refractivity contribution is -0.139. The van der Waals surface area contributed by atoms with Crippen LogP contribution in [0.15, 0.2) is 77.7 Å². The van der Waals surface area contributed by atoms with E-state index in [9.17, 15) is 18.0 Å². The molecule has 0 saturated heterocycles. The maximum absolute atomic E-state index is 14.0. The van der Waals surface area contributed by atoms with E-state index in [1.165, 1.54) is 23.1 Å². The van der Waals surface area contributed by atoms with Crippen molar-refractivity contribution >= 4 is 50.7 Å². The lowest BCUT2D eigenvalue weighted by atomic mass is 10.1. The summed E-state index contributed by atoms with van der Waals surface area (Å²) < 4.78 is 28.8. The van der Waals surface area contributed by atoms with E-state index >= 15 is 0 Å². The Kier molecular flexibility index (Phi) is 10.4. The molecule has 0 heterocycles. The van der Waals surface area contributed by atoms with Crippen molar-refractivity contribution < 1.29 is 18.0 Å². The molecule has 0 aliphatic rings. The summed E-state index contributed by atoms with van der Waals surface area (Å²) in [6, 6.07) is 18.7. The maximum Gasteiger partial charge on any atom is 0.264 e. The molecule has 0 aliphatic carbocycles. The number of sulfonamides is 1. The van der Waals surface area contributed by atoms with Gasteiger partial charge in [-0.05, 0) is 74.7 Å². The van der Waals surface area contributed by atoms with Crippen molar-refractivity contribution in [3.05, 3.63) is 94.0 Å². The molecule has 39 heavy (non-hydrogen) atoms. The molecule has 3 aromatic rings. The summed E-state index contributed by atoms with van der Waals surface area (Å²) in [6.07, 6.45) is 0.723. The summed E-state index contributed by atoms with van der Waals surface area (Å²) in [5, 5.41) is 3.78. The monoisotopic (exact) mass is 589 g/mol. The van der Waals surface area contributed by atoms with Crippen LogP contribution in [0, 0.1) is 6.92 Å². The van der Waals surface area contributed by atoms with Gasteiger partial charge in [0.1, 0.15) is 12.6 Å². The molecule has 0 saturated carbocycles. The first kappa shape index (κ1) is 30.5. The van der Waals surface area contributed by atoms with E-state index in [0.29, 0.717) is 15.6 Å². The maximum atomic E-state index is 14.0. The van der Waals surface area contributed by atoms with Crippen LogP contribution in [0.3, 0.4) is 0 Å². The van der Waals surface area contributed by atoms with Crippen molar-refractivity contribution in [3.63, 3.8) is 0 Å². The van der Waals surface area contributed by atoms with E-state index in [0.717, 1.165) is 16.3 Å². The van der Waals surface area contributed by atoms with Crippen molar-refractivity contribution in [2.75, 3.05) is 10.8 Å². The summed E-state index contributed by atoms with van der Waals surface area (Å²) in [6.45, 7) is 6.76. The molecule has 7 nitrogen and oxygen atoms in total. The number of anilines is 1. The average Bonchev–Trinajstić information content (AvgIpc) is 2.92. The fraction of sp³-hybridized carbons (Fsp3) is 0.310. The largest absolute Gasteiger partial charge is 0.352 e. The fourth-order valence-electron chi connectivity index (χ4n) is 3.92. The number of amides is 2. The van der Waals surface area contributed by atoms with Crippen LogP contribution in [0.4, 0.5) is 5.69 Å². The van der Waals surface area contributed by atoms with Crippen LogP contribution in [0.5, 0.6) is 0 Å². The highest BCUT2D eigenvalue weighted by molar-refractivity contribution is 7.92. The predicted molar refractivity (Wildman–Crippen MR) is 157 cm³/mol. The number of nitrogens with one attached hydrogen (secondary N) is 1. The van der Waals surface area contributed by atoms with Crippen LogP contribution in [-0.4, -0.2) is 43.8 Å². The highest BCUT2D eigenvalue weighted by Gasteiger charge is 2.33. The van der Waals surface area contributed by atoms with Crippen molar-refractivity contribution in [2.45, 2.75) is 57.6 Å². The second-order valence-corrected chi connectivity index (χ2v) is 12.1. The first-order chi connectivity index (χ1) is 18.4. The zero-order valence-corrected chi connectivity index (χ0v) is 24.7. The Labute approximate surface area is 240 Å². The smallest absolute Gasteiger partial charge is 0.264 e. The number of halogens is 2. The SMILES string of the molecule is CC[C@H](C)NC(=O)[C@H](C)N(Cc1ccc(Cl)cc1)C(=O)CN(c1cc(Cl)ccc1C)S(=O)(=O)c1ccccc1. The first-order valence-electron chi connectivity index (χ1n) is 12.6. The number of hydrogen-bond donors (Lipinski definition) is 1. The third-order valence-electron chi connectivity index (χ3n) is 6.48. The molecule has 10 heteroatoms. The van der Waals surface area contributed by atoms with Gasteiger partial charge in [0.25, 0.3) is 10.0 Å². The summed E-state index contributed by atoms with van der Waals surface area (Å²) in [7, 11) is -4.16. The number of carbonyl (C=O) groups excluding carboxylic acids is 2. The number of nitrogens with zero attached hydrogens (tertiary/aromatic N) is 2. The summed E-state index contributed by atoms with van der Waals surface area (Å²) in [5.41, 5.74) is 1.65. The van der Waals surface area contributed by atoms with Gasteiger partial charge in [0.15, 0.2) is 0 Å². The summed E-state index contributed by atoms with van der Waals surface area (Å²) >= 11 is 12.3. The summed E-state index contributed by atoms with van der Waals surface area (Å²) in [4.78, 5) is 28.5. The van der Waals surface area contributed by atoms with Gasteiger partial charge in [0, 0.05) is 22.6 Å². The van der Waals surface area contributed by atoms with E-state index in [4.69, 9.17) is 23.2 Å². The Bertz CT molecular complexity index is 1400. The molecule has 0 aromatic heterocycles. The fourth-order valence-corrected chi connectivity index (χ4v) is 5.70. The number of rotatable bonds is 11. The first-order valence-corrected chi connectivity index (χ1v) is 14.8. The van der Waals surface area contributed by atoms with Crippen molar-refractivity contribution in [3.8, 4) is 0 Å². The molecular weight excluding hydrogens is 557 g/mol. The van der Waals surface area contributed by atoms with Gasteiger partial charge in [-0.25, -0.2) is 8.42 Å². The molecule has 3 aromatic carbocycles. The molecule has 0 aliphatic heterocycles. The van der Waals surface area contributed by atoms with Gasteiger partial charge in [-0.3, -0.25) is 13.9 Å². The van der Waals surface area contributed by atoms with Crippen LogP contribution in [-0.2, 0) is 26.2 Å². The third kappa shape index (κ3) is 7.75. The normalized spacial score (nSPS) is 12.9. The van der Waals surface area contributed by atoms with Gasteiger partial charge in [-0.15, -0.1) is 0 Å². The quantitative estimate of drug-likeness (QED) is 0.305. The van der Waals surface area contributed by atoms with E-state index in [2.05, 4.69) is 5.32 Å². The van der Waals surface area contributed by atoms with Crippen LogP contribution < -0.4 is 9.62 Å². The second kappa shape index (κ2) is 13.3. The minimum Gasteiger partial charge on any atom is -0.352 e. The van der Waals surface area contributed by atoms with Gasteiger partial charge in [-0.1, -0.05) is 66.5 Å². The second-order valence-electron chi connectivity index (χ2n) is 9.40.